The van der Waals surface area contributed by atoms with Crippen molar-refractivity contribution in [1.29, 1.82) is 0 Å². The molecule has 0 bridgehead atoms. The normalized spacial score (nSPS) is 10.9. The Morgan fingerprint density at radius 1 is 1.17 bits per heavy atom. The van der Waals surface area contributed by atoms with Crippen molar-refractivity contribution >= 4 is 11.6 Å². The zero-order valence-corrected chi connectivity index (χ0v) is 13.0. The number of halogens is 1. The molecule has 0 atom stereocenters. The molecule has 1 N–H and O–H groups in total. The number of aryl methyl sites for hydroxylation is 1. The van der Waals surface area contributed by atoms with E-state index < -0.39 is 0 Å². The molecular formula is C17H17FN4O2. The second kappa shape index (κ2) is 7.08. The summed E-state index contributed by atoms with van der Waals surface area (Å²) in [5.41, 5.74) is 1.25. The fourth-order valence-corrected chi connectivity index (χ4v) is 2.41. The quantitative estimate of drug-likeness (QED) is 0.743. The van der Waals surface area contributed by atoms with Crippen molar-refractivity contribution in [2.75, 3.05) is 6.54 Å². The van der Waals surface area contributed by atoms with Gasteiger partial charge in [0.25, 0.3) is 0 Å². The molecule has 0 saturated heterocycles. The smallest absolute Gasteiger partial charge is 0.350 e. The molecule has 0 saturated carbocycles. The third-order valence-corrected chi connectivity index (χ3v) is 3.69. The summed E-state index contributed by atoms with van der Waals surface area (Å²) in [7, 11) is 0. The van der Waals surface area contributed by atoms with Gasteiger partial charge >= 0.3 is 5.69 Å². The monoisotopic (exact) mass is 328 g/mol. The zero-order chi connectivity index (χ0) is 16.9. The number of nitrogens with one attached hydrogen (secondary N) is 1. The van der Waals surface area contributed by atoms with Crippen molar-refractivity contribution in [2.45, 2.75) is 19.4 Å². The predicted molar refractivity (Wildman–Crippen MR) is 87.2 cm³/mol. The highest BCUT2D eigenvalue weighted by Crippen LogP contribution is 2.05. The molecule has 6 nitrogen and oxygen atoms in total. The number of hydrogen-bond acceptors (Lipinski definition) is 3. The molecule has 0 fully saturated rings. The lowest BCUT2D eigenvalue weighted by atomic mass is 10.1. The summed E-state index contributed by atoms with van der Waals surface area (Å²) in [6.45, 7) is 0.634. The van der Waals surface area contributed by atoms with Gasteiger partial charge in [-0.15, -0.1) is 5.10 Å². The van der Waals surface area contributed by atoms with Crippen molar-refractivity contribution in [1.82, 2.24) is 19.5 Å². The molecule has 3 rings (SSSR count). The maximum absolute atomic E-state index is 12.8. The van der Waals surface area contributed by atoms with Gasteiger partial charge in [-0.1, -0.05) is 18.2 Å². The van der Waals surface area contributed by atoms with Gasteiger partial charge in [-0.2, -0.15) is 0 Å². The van der Waals surface area contributed by atoms with Crippen LogP contribution in [0.3, 0.4) is 0 Å². The number of fused-ring (bicyclic) bond motifs is 1. The van der Waals surface area contributed by atoms with E-state index in [0.717, 1.165) is 5.56 Å². The molecule has 0 aliphatic heterocycles. The standard InChI is InChI=1S/C17H17FN4O2/c18-14-7-4-13(5-8-14)6-9-16(23)19-10-12-22-17(24)21-11-2-1-3-15(21)20-22/h1-5,7-8,11H,6,9-10,12H2,(H,19,23). The average molecular weight is 328 g/mol. The molecule has 0 spiro atoms. The second-order valence-electron chi connectivity index (χ2n) is 5.41. The van der Waals surface area contributed by atoms with Gasteiger partial charge in [-0.25, -0.2) is 13.9 Å². The molecule has 0 radical (unpaired) electrons. The van der Waals surface area contributed by atoms with Gasteiger partial charge in [0.1, 0.15) is 5.82 Å². The molecular weight excluding hydrogens is 311 g/mol. The van der Waals surface area contributed by atoms with Crippen LogP contribution in [0.25, 0.3) is 5.65 Å². The van der Waals surface area contributed by atoms with E-state index in [0.29, 0.717) is 31.6 Å². The Morgan fingerprint density at radius 3 is 2.71 bits per heavy atom. The minimum absolute atomic E-state index is 0.115. The molecule has 2 heterocycles. The van der Waals surface area contributed by atoms with Gasteiger partial charge < -0.3 is 5.32 Å². The Kier molecular flexibility index (Phi) is 4.69. The van der Waals surface area contributed by atoms with Crippen LogP contribution in [0.15, 0.2) is 53.5 Å². The van der Waals surface area contributed by atoms with E-state index in [9.17, 15) is 14.0 Å². The van der Waals surface area contributed by atoms with Crippen molar-refractivity contribution in [3.05, 3.63) is 70.5 Å². The van der Waals surface area contributed by atoms with E-state index >= 15 is 0 Å². The van der Waals surface area contributed by atoms with E-state index in [1.165, 1.54) is 21.2 Å². The summed E-state index contributed by atoms with van der Waals surface area (Å²) in [6.07, 6.45) is 2.51. The Morgan fingerprint density at radius 2 is 1.96 bits per heavy atom. The van der Waals surface area contributed by atoms with Crippen LogP contribution < -0.4 is 11.0 Å². The summed E-state index contributed by atoms with van der Waals surface area (Å²) in [5.74, 6) is -0.405. The Bertz CT molecular complexity index is 899. The van der Waals surface area contributed by atoms with Gasteiger partial charge in [-0.05, 0) is 36.2 Å². The van der Waals surface area contributed by atoms with E-state index in [1.807, 2.05) is 6.07 Å². The zero-order valence-electron chi connectivity index (χ0n) is 13.0. The Labute approximate surface area is 137 Å². The summed E-state index contributed by atoms with van der Waals surface area (Å²) in [4.78, 5) is 23.9. The lowest BCUT2D eigenvalue weighted by molar-refractivity contribution is -0.121. The predicted octanol–water partition coefficient (Wildman–Crippen LogP) is 1.38. The number of rotatable bonds is 6. The lowest BCUT2D eigenvalue weighted by Gasteiger charge is -2.05. The number of amides is 1. The Balaban J connectivity index is 1.48. The summed E-state index contributed by atoms with van der Waals surface area (Å²) >= 11 is 0. The van der Waals surface area contributed by atoms with Crippen molar-refractivity contribution in [3.63, 3.8) is 0 Å². The van der Waals surface area contributed by atoms with Crippen LogP contribution in [-0.2, 0) is 17.8 Å². The largest absolute Gasteiger partial charge is 0.354 e. The minimum atomic E-state index is -0.291. The maximum atomic E-state index is 12.8. The molecule has 0 unspecified atom stereocenters. The molecule has 24 heavy (non-hydrogen) atoms. The van der Waals surface area contributed by atoms with Crippen molar-refractivity contribution < 1.29 is 9.18 Å². The third kappa shape index (κ3) is 3.68. The lowest BCUT2D eigenvalue weighted by Crippen LogP contribution is -2.31. The summed E-state index contributed by atoms with van der Waals surface area (Å²) < 4.78 is 15.6. The SMILES string of the molecule is O=C(CCc1ccc(F)cc1)NCCn1nc2ccccn2c1=O. The fraction of sp³-hybridized carbons (Fsp3) is 0.235. The number of nitrogens with zero attached hydrogens (tertiary/aromatic N) is 3. The molecule has 2 aromatic heterocycles. The van der Waals surface area contributed by atoms with Gasteiger partial charge in [0.2, 0.25) is 5.91 Å². The number of benzene rings is 1. The van der Waals surface area contributed by atoms with Crippen LogP contribution in [0.5, 0.6) is 0 Å². The Hall–Kier alpha value is -2.96. The first kappa shape index (κ1) is 15.9. The molecule has 1 amide bonds. The van der Waals surface area contributed by atoms with E-state index in [1.54, 1.807) is 30.5 Å². The van der Waals surface area contributed by atoms with Gasteiger partial charge in [0, 0.05) is 19.2 Å². The first-order chi connectivity index (χ1) is 11.6. The third-order valence-electron chi connectivity index (χ3n) is 3.69. The number of aromatic nitrogens is 3. The van der Waals surface area contributed by atoms with E-state index in [4.69, 9.17) is 0 Å². The van der Waals surface area contributed by atoms with Crippen LogP contribution in [0.2, 0.25) is 0 Å². The van der Waals surface area contributed by atoms with E-state index in [-0.39, 0.29) is 17.4 Å². The number of pyridine rings is 1. The first-order valence-electron chi connectivity index (χ1n) is 7.69. The minimum Gasteiger partial charge on any atom is -0.354 e. The van der Waals surface area contributed by atoms with Crippen LogP contribution in [0, 0.1) is 5.82 Å². The molecule has 0 aliphatic rings. The maximum Gasteiger partial charge on any atom is 0.350 e. The van der Waals surface area contributed by atoms with Gasteiger partial charge in [-0.3, -0.25) is 9.20 Å². The van der Waals surface area contributed by atoms with Crippen LogP contribution >= 0.6 is 0 Å². The highest BCUT2D eigenvalue weighted by Gasteiger charge is 2.07. The second-order valence-corrected chi connectivity index (χ2v) is 5.41. The molecule has 7 heteroatoms. The van der Waals surface area contributed by atoms with Crippen LogP contribution in [0.1, 0.15) is 12.0 Å². The number of carbonyl (C=O) groups excluding carboxylic acids is 1. The van der Waals surface area contributed by atoms with Crippen LogP contribution in [-0.4, -0.2) is 26.6 Å². The summed E-state index contributed by atoms with van der Waals surface area (Å²) in [5, 5.41) is 6.95. The molecule has 0 aliphatic carbocycles. The first-order valence-corrected chi connectivity index (χ1v) is 7.69. The van der Waals surface area contributed by atoms with Crippen molar-refractivity contribution in [3.8, 4) is 0 Å². The average Bonchev–Trinajstić information content (AvgIpc) is 2.91. The molecule has 3 aromatic rings. The number of carbonyl (C=O) groups is 1. The number of hydrogen-bond donors (Lipinski definition) is 1. The topological polar surface area (TPSA) is 68.4 Å². The highest BCUT2D eigenvalue weighted by atomic mass is 19.1. The van der Waals surface area contributed by atoms with Crippen molar-refractivity contribution in [2.24, 2.45) is 0 Å². The van der Waals surface area contributed by atoms with Crippen LogP contribution in [0.4, 0.5) is 4.39 Å². The summed E-state index contributed by atoms with van der Waals surface area (Å²) in [6, 6.07) is 11.4. The molecule has 1 aromatic carbocycles. The van der Waals surface area contributed by atoms with E-state index in [2.05, 4.69) is 10.4 Å². The highest BCUT2D eigenvalue weighted by molar-refractivity contribution is 5.76. The van der Waals surface area contributed by atoms with Gasteiger partial charge in [0.05, 0.1) is 6.54 Å². The molecule has 124 valence electrons. The van der Waals surface area contributed by atoms with Gasteiger partial charge in [0.15, 0.2) is 5.65 Å². The fourth-order valence-electron chi connectivity index (χ4n) is 2.41.